The van der Waals surface area contributed by atoms with E-state index in [-0.39, 0.29) is 0 Å². The molecule has 1 saturated carbocycles. The van der Waals surface area contributed by atoms with E-state index < -0.39 is 5.95 Å². The van der Waals surface area contributed by atoms with Crippen LogP contribution in [0.5, 0.6) is 0 Å². The van der Waals surface area contributed by atoms with E-state index in [0.717, 1.165) is 6.42 Å². The molecular formula is C11H15FN2. The van der Waals surface area contributed by atoms with E-state index in [0.29, 0.717) is 17.7 Å². The summed E-state index contributed by atoms with van der Waals surface area (Å²) in [5.41, 5.74) is 0. The molecule has 0 saturated heterocycles. The first kappa shape index (κ1) is 9.56. The van der Waals surface area contributed by atoms with E-state index in [4.69, 9.17) is 0 Å². The molecule has 0 spiro atoms. The molecule has 1 aromatic rings. The number of rotatable bonds is 1. The van der Waals surface area contributed by atoms with Gasteiger partial charge in [0.25, 0.3) is 0 Å². The Morgan fingerprint density at radius 2 is 2.14 bits per heavy atom. The average molecular weight is 194 g/mol. The molecule has 0 bridgehead atoms. The van der Waals surface area contributed by atoms with E-state index in [2.05, 4.69) is 16.9 Å². The van der Waals surface area contributed by atoms with Crippen molar-refractivity contribution in [1.29, 1.82) is 0 Å². The molecular weight excluding hydrogens is 179 g/mol. The molecule has 0 aliphatic heterocycles. The molecule has 0 amide bonds. The average Bonchev–Trinajstić information content (AvgIpc) is 2.18. The summed E-state index contributed by atoms with van der Waals surface area (Å²) in [6.45, 7) is 2.21. The third-order valence-electron chi connectivity index (χ3n) is 3.08. The molecule has 0 aromatic carbocycles. The second kappa shape index (κ2) is 4.03. The summed E-state index contributed by atoms with van der Waals surface area (Å²) in [7, 11) is 0. The fourth-order valence-electron chi connectivity index (χ4n) is 2.23. The SMILES string of the molecule is CC1CCCCC1c1nccc(F)n1. The standard InChI is InChI=1S/C11H15FN2/c1-8-4-2-3-5-9(8)11-13-7-6-10(12)14-11/h6-9H,2-5H2,1H3. The van der Waals surface area contributed by atoms with Gasteiger partial charge in [0.1, 0.15) is 5.82 Å². The van der Waals surface area contributed by atoms with Gasteiger partial charge in [0.2, 0.25) is 5.95 Å². The first-order valence-corrected chi connectivity index (χ1v) is 5.26. The summed E-state index contributed by atoms with van der Waals surface area (Å²) in [4.78, 5) is 8.03. The van der Waals surface area contributed by atoms with E-state index in [1.54, 1.807) is 0 Å². The Balaban J connectivity index is 2.20. The summed E-state index contributed by atoms with van der Waals surface area (Å²) in [5, 5.41) is 0. The second-order valence-corrected chi connectivity index (χ2v) is 4.11. The zero-order chi connectivity index (χ0) is 9.97. The maximum atomic E-state index is 12.9. The molecule has 76 valence electrons. The van der Waals surface area contributed by atoms with Crippen molar-refractivity contribution in [1.82, 2.24) is 9.97 Å². The highest BCUT2D eigenvalue weighted by molar-refractivity contribution is 5.01. The molecule has 2 rings (SSSR count). The fourth-order valence-corrected chi connectivity index (χ4v) is 2.23. The van der Waals surface area contributed by atoms with Crippen LogP contribution in [0, 0.1) is 11.9 Å². The van der Waals surface area contributed by atoms with Crippen LogP contribution >= 0.6 is 0 Å². The topological polar surface area (TPSA) is 25.8 Å². The van der Waals surface area contributed by atoms with Crippen LogP contribution < -0.4 is 0 Å². The molecule has 14 heavy (non-hydrogen) atoms. The largest absolute Gasteiger partial charge is 0.241 e. The van der Waals surface area contributed by atoms with Gasteiger partial charge in [-0.3, -0.25) is 0 Å². The Hall–Kier alpha value is -0.990. The van der Waals surface area contributed by atoms with Crippen LogP contribution in [-0.4, -0.2) is 9.97 Å². The summed E-state index contributed by atoms with van der Waals surface area (Å²) >= 11 is 0. The van der Waals surface area contributed by atoms with Gasteiger partial charge in [0, 0.05) is 18.2 Å². The van der Waals surface area contributed by atoms with Gasteiger partial charge in [-0.15, -0.1) is 0 Å². The molecule has 1 aromatic heterocycles. The molecule has 0 N–H and O–H groups in total. The van der Waals surface area contributed by atoms with Gasteiger partial charge >= 0.3 is 0 Å². The molecule has 1 fully saturated rings. The molecule has 3 heteroatoms. The lowest BCUT2D eigenvalue weighted by Crippen LogP contribution is -2.17. The van der Waals surface area contributed by atoms with Gasteiger partial charge < -0.3 is 0 Å². The number of nitrogens with zero attached hydrogens (tertiary/aromatic N) is 2. The van der Waals surface area contributed by atoms with Gasteiger partial charge in [-0.25, -0.2) is 9.97 Å². The predicted octanol–water partition coefficient (Wildman–Crippen LogP) is 2.91. The maximum absolute atomic E-state index is 12.9. The van der Waals surface area contributed by atoms with Crippen molar-refractivity contribution in [3.63, 3.8) is 0 Å². The minimum Gasteiger partial charge on any atom is -0.241 e. The lowest BCUT2D eigenvalue weighted by atomic mass is 9.80. The Bertz CT molecular complexity index is 314. The van der Waals surface area contributed by atoms with Crippen molar-refractivity contribution in [2.24, 2.45) is 5.92 Å². The van der Waals surface area contributed by atoms with Crippen LogP contribution in [0.15, 0.2) is 12.3 Å². The second-order valence-electron chi connectivity index (χ2n) is 4.11. The number of aromatic nitrogens is 2. The Morgan fingerprint density at radius 1 is 1.36 bits per heavy atom. The molecule has 2 nitrogen and oxygen atoms in total. The van der Waals surface area contributed by atoms with Crippen molar-refractivity contribution in [2.75, 3.05) is 0 Å². The monoisotopic (exact) mass is 194 g/mol. The molecule has 2 atom stereocenters. The molecule has 1 aliphatic carbocycles. The molecule has 1 aliphatic rings. The van der Waals surface area contributed by atoms with Gasteiger partial charge in [0.15, 0.2) is 0 Å². The number of hydrogen-bond acceptors (Lipinski definition) is 2. The lowest BCUT2D eigenvalue weighted by Gasteiger charge is -2.27. The van der Waals surface area contributed by atoms with Crippen molar-refractivity contribution in [2.45, 2.75) is 38.5 Å². The minimum absolute atomic E-state index is 0.361. The van der Waals surface area contributed by atoms with Gasteiger partial charge in [-0.1, -0.05) is 26.2 Å². The highest BCUT2D eigenvalue weighted by Crippen LogP contribution is 2.35. The normalized spacial score (nSPS) is 27.6. The number of halogens is 1. The van der Waals surface area contributed by atoms with Gasteiger partial charge in [0.05, 0.1) is 0 Å². The smallest absolute Gasteiger partial charge is 0.216 e. The van der Waals surface area contributed by atoms with E-state index in [1.165, 1.54) is 31.5 Å². The van der Waals surface area contributed by atoms with Crippen molar-refractivity contribution in [3.8, 4) is 0 Å². The van der Waals surface area contributed by atoms with E-state index >= 15 is 0 Å². The first-order valence-electron chi connectivity index (χ1n) is 5.26. The number of hydrogen-bond donors (Lipinski definition) is 0. The quantitative estimate of drug-likeness (QED) is 0.642. The highest BCUT2D eigenvalue weighted by atomic mass is 19.1. The fraction of sp³-hybridized carbons (Fsp3) is 0.636. The zero-order valence-electron chi connectivity index (χ0n) is 8.41. The Kier molecular flexibility index (Phi) is 2.75. The Morgan fingerprint density at radius 3 is 2.86 bits per heavy atom. The lowest BCUT2D eigenvalue weighted by molar-refractivity contribution is 0.317. The van der Waals surface area contributed by atoms with E-state index in [9.17, 15) is 4.39 Å². The summed E-state index contributed by atoms with van der Waals surface area (Å²) in [6.07, 6.45) is 6.33. The van der Waals surface area contributed by atoms with Crippen LogP contribution in [-0.2, 0) is 0 Å². The zero-order valence-corrected chi connectivity index (χ0v) is 8.41. The predicted molar refractivity (Wildman–Crippen MR) is 52.4 cm³/mol. The van der Waals surface area contributed by atoms with Crippen LogP contribution in [0.1, 0.15) is 44.3 Å². The molecule has 0 radical (unpaired) electrons. The van der Waals surface area contributed by atoms with Crippen molar-refractivity contribution in [3.05, 3.63) is 24.0 Å². The van der Waals surface area contributed by atoms with E-state index in [1.807, 2.05) is 0 Å². The summed E-state index contributed by atoms with van der Waals surface area (Å²) in [6, 6.07) is 1.30. The van der Waals surface area contributed by atoms with Crippen LogP contribution in [0.4, 0.5) is 4.39 Å². The van der Waals surface area contributed by atoms with Crippen molar-refractivity contribution < 1.29 is 4.39 Å². The molecule has 2 unspecified atom stereocenters. The van der Waals surface area contributed by atoms with Crippen molar-refractivity contribution >= 4 is 0 Å². The third-order valence-corrected chi connectivity index (χ3v) is 3.08. The van der Waals surface area contributed by atoms with Crippen LogP contribution in [0.2, 0.25) is 0 Å². The maximum Gasteiger partial charge on any atom is 0.216 e. The van der Waals surface area contributed by atoms with Gasteiger partial charge in [-0.05, 0) is 12.3 Å². The van der Waals surface area contributed by atoms with Gasteiger partial charge in [-0.2, -0.15) is 4.39 Å². The summed E-state index contributed by atoms with van der Waals surface area (Å²) < 4.78 is 12.9. The minimum atomic E-state index is -0.409. The molecule has 1 heterocycles. The Labute approximate surface area is 83.6 Å². The van der Waals surface area contributed by atoms with Crippen LogP contribution in [0.25, 0.3) is 0 Å². The summed E-state index contributed by atoms with van der Waals surface area (Å²) in [5.74, 6) is 1.23. The first-order chi connectivity index (χ1) is 6.77. The van der Waals surface area contributed by atoms with Crippen LogP contribution in [0.3, 0.4) is 0 Å². The third kappa shape index (κ3) is 1.91. The highest BCUT2D eigenvalue weighted by Gasteiger charge is 2.25.